The Balaban J connectivity index is 2.24. The Hall–Kier alpha value is -2.30. The Labute approximate surface area is 123 Å². The van der Waals surface area contributed by atoms with Crippen molar-refractivity contribution < 1.29 is 14.7 Å². The number of carbonyl (C=O) groups excluding carboxylic acids is 1. The van der Waals surface area contributed by atoms with Crippen LogP contribution in [0.2, 0.25) is 0 Å². The van der Waals surface area contributed by atoms with Crippen molar-refractivity contribution in [1.29, 1.82) is 0 Å². The highest BCUT2D eigenvalue weighted by Gasteiger charge is 2.22. The smallest absolute Gasteiger partial charge is 0.308 e. The summed E-state index contributed by atoms with van der Waals surface area (Å²) >= 11 is 0. The quantitative estimate of drug-likeness (QED) is 0.808. The first-order chi connectivity index (χ1) is 9.79. The van der Waals surface area contributed by atoms with E-state index in [0.717, 1.165) is 22.0 Å². The van der Waals surface area contributed by atoms with Crippen molar-refractivity contribution in [3.8, 4) is 0 Å². The number of nitrogens with one attached hydrogen (secondary N) is 2. The summed E-state index contributed by atoms with van der Waals surface area (Å²) in [5, 5.41) is 12.7. The molecule has 5 nitrogen and oxygen atoms in total. The van der Waals surface area contributed by atoms with Crippen LogP contribution in [0.1, 0.15) is 35.5 Å². The van der Waals surface area contributed by atoms with Crippen molar-refractivity contribution in [3.63, 3.8) is 0 Å². The summed E-state index contributed by atoms with van der Waals surface area (Å²) in [5.74, 6) is -1.85. The average molecular weight is 288 g/mol. The van der Waals surface area contributed by atoms with Crippen LogP contribution in [0.5, 0.6) is 0 Å². The normalized spacial score (nSPS) is 13.9. The molecule has 0 spiro atoms. The molecule has 0 aliphatic heterocycles. The van der Waals surface area contributed by atoms with E-state index in [1.807, 2.05) is 19.9 Å². The summed E-state index contributed by atoms with van der Waals surface area (Å²) in [6.45, 7) is 7.27. The van der Waals surface area contributed by atoms with Crippen molar-refractivity contribution in [1.82, 2.24) is 10.3 Å². The molecule has 2 atom stereocenters. The molecule has 1 amide bonds. The first-order valence-corrected chi connectivity index (χ1v) is 6.93. The summed E-state index contributed by atoms with van der Waals surface area (Å²) in [7, 11) is 0. The molecular formula is C16H20N2O3. The molecule has 1 heterocycles. The zero-order valence-corrected chi connectivity index (χ0v) is 12.7. The molecular weight excluding hydrogens is 268 g/mol. The lowest BCUT2D eigenvalue weighted by Crippen LogP contribution is -2.40. The highest BCUT2D eigenvalue weighted by molar-refractivity contribution is 5.99. The number of hydrogen-bond acceptors (Lipinski definition) is 2. The molecule has 21 heavy (non-hydrogen) atoms. The van der Waals surface area contributed by atoms with Crippen LogP contribution in [0.15, 0.2) is 18.2 Å². The number of carboxylic acids is 1. The van der Waals surface area contributed by atoms with Crippen LogP contribution in [0.4, 0.5) is 0 Å². The summed E-state index contributed by atoms with van der Waals surface area (Å²) < 4.78 is 0. The van der Waals surface area contributed by atoms with Gasteiger partial charge in [-0.05, 0) is 51.0 Å². The molecule has 112 valence electrons. The van der Waals surface area contributed by atoms with E-state index in [1.54, 1.807) is 19.9 Å². The van der Waals surface area contributed by atoms with Gasteiger partial charge in [0.15, 0.2) is 0 Å². The van der Waals surface area contributed by atoms with Gasteiger partial charge in [0.25, 0.3) is 5.91 Å². The third kappa shape index (κ3) is 3.07. The van der Waals surface area contributed by atoms with Gasteiger partial charge in [-0.3, -0.25) is 9.59 Å². The molecule has 0 bridgehead atoms. The van der Waals surface area contributed by atoms with Crippen LogP contribution in [-0.2, 0) is 4.79 Å². The lowest BCUT2D eigenvalue weighted by Gasteiger charge is -2.17. The number of benzene rings is 1. The molecule has 2 unspecified atom stereocenters. The number of carbonyl (C=O) groups is 2. The first-order valence-electron chi connectivity index (χ1n) is 6.93. The molecule has 0 aliphatic carbocycles. The van der Waals surface area contributed by atoms with Crippen molar-refractivity contribution in [2.45, 2.75) is 33.7 Å². The number of aryl methyl sites for hydroxylation is 2. The van der Waals surface area contributed by atoms with Gasteiger partial charge in [-0.25, -0.2) is 0 Å². The van der Waals surface area contributed by atoms with Crippen molar-refractivity contribution >= 4 is 22.8 Å². The molecule has 1 aromatic carbocycles. The molecule has 0 saturated heterocycles. The largest absolute Gasteiger partial charge is 0.481 e. The van der Waals surface area contributed by atoms with Crippen LogP contribution in [0.25, 0.3) is 10.9 Å². The van der Waals surface area contributed by atoms with Gasteiger partial charge >= 0.3 is 5.97 Å². The van der Waals surface area contributed by atoms with Gasteiger partial charge in [0.2, 0.25) is 0 Å². The lowest BCUT2D eigenvalue weighted by molar-refractivity contribution is -0.141. The maximum absolute atomic E-state index is 12.2. The summed E-state index contributed by atoms with van der Waals surface area (Å²) in [6, 6.07) is 5.41. The monoisotopic (exact) mass is 288 g/mol. The van der Waals surface area contributed by atoms with Crippen molar-refractivity contribution in [2.24, 2.45) is 5.92 Å². The summed E-state index contributed by atoms with van der Waals surface area (Å²) in [4.78, 5) is 26.2. The number of aliphatic carboxylic acids is 1. The summed E-state index contributed by atoms with van der Waals surface area (Å²) in [5.41, 5.74) is 3.59. The highest BCUT2D eigenvalue weighted by Crippen LogP contribution is 2.21. The minimum absolute atomic E-state index is 0.288. The third-order valence-electron chi connectivity index (χ3n) is 3.83. The molecule has 0 radical (unpaired) electrons. The number of rotatable bonds is 4. The van der Waals surface area contributed by atoms with E-state index in [1.165, 1.54) is 0 Å². The van der Waals surface area contributed by atoms with E-state index in [4.69, 9.17) is 5.11 Å². The van der Waals surface area contributed by atoms with Crippen LogP contribution in [-0.4, -0.2) is 28.0 Å². The van der Waals surface area contributed by atoms with Crippen LogP contribution in [0, 0.1) is 19.8 Å². The van der Waals surface area contributed by atoms with Gasteiger partial charge in [-0.1, -0.05) is 6.07 Å². The maximum atomic E-state index is 12.2. The van der Waals surface area contributed by atoms with Gasteiger partial charge < -0.3 is 15.4 Å². The molecule has 0 fully saturated rings. The minimum Gasteiger partial charge on any atom is -0.481 e. The number of hydrogen-bond donors (Lipinski definition) is 3. The number of fused-ring (bicyclic) bond motifs is 1. The number of amides is 1. The Morgan fingerprint density at radius 1 is 1.19 bits per heavy atom. The highest BCUT2D eigenvalue weighted by atomic mass is 16.4. The van der Waals surface area contributed by atoms with E-state index in [-0.39, 0.29) is 5.91 Å². The predicted octanol–water partition coefficient (Wildman–Crippen LogP) is 2.62. The minimum atomic E-state index is -0.925. The average Bonchev–Trinajstić information content (AvgIpc) is 2.81. The molecule has 5 heteroatoms. The van der Waals surface area contributed by atoms with Gasteiger partial charge in [-0.15, -0.1) is 0 Å². The zero-order chi connectivity index (χ0) is 15.7. The Morgan fingerprint density at radius 2 is 1.86 bits per heavy atom. The fourth-order valence-electron chi connectivity index (χ4n) is 2.34. The number of carboxylic acid groups (broad SMARTS) is 1. The topological polar surface area (TPSA) is 82.2 Å². The third-order valence-corrected chi connectivity index (χ3v) is 3.83. The molecule has 0 saturated carbocycles. The van der Waals surface area contributed by atoms with E-state index in [0.29, 0.717) is 5.69 Å². The van der Waals surface area contributed by atoms with E-state index in [2.05, 4.69) is 16.4 Å². The second-order valence-electron chi connectivity index (χ2n) is 5.62. The van der Waals surface area contributed by atoms with Gasteiger partial charge in [0.05, 0.1) is 5.92 Å². The second kappa shape index (κ2) is 5.60. The Bertz CT molecular complexity index is 703. The van der Waals surface area contributed by atoms with Gasteiger partial charge in [0, 0.05) is 16.9 Å². The molecule has 3 N–H and O–H groups in total. The van der Waals surface area contributed by atoms with Crippen molar-refractivity contribution in [3.05, 3.63) is 35.0 Å². The van der Waals surface area contributed by atoms with E-state index >= 15 is 0 Å². The van der Waals surface area contributed by atoms with Crippen LogP contribution < -0.4 is 5.32 Å². The van der Waals surface area contributed by atoms with Gasteiger partial charge in [-0.2, -0.15) is 0 Å². The predicted molar refractivity (Wildman–Crippen MR) is 81.5 cm³/mol. The number of aromatic amines is 1. The standard InChI is InChI=1S/C16H20N2O3/c1-8-5-9(2)12-7-14(18-13(12)6-8)15(19)17-11(4)10(3)16(20)21/h5-7,10-11,18H,1-4H3,(H,17,19)(H,20,21). The van der Waals surface area contributed by atoms with Gasteiger partial charge in [0.1, 0.15) is 5.69 Å². The molecule has 0 aliphatic rings. The Morgan fingerprint density at radius 3 is 2.48 bits per heavy atom. The second-order valence-corrected chi connectivity index (χ2v) is 5.62. The maximum Gasteiger partial charge on any atom is 0.308 e. The van der Waals surface area contributed by atoms with E-state index < -0.39 is 17.9 Å². The molecule has 1 aromatic heterocycles. The molecule has 2 rings (SSSR count). The SMILES string of the molecule is Cc1cc(C)c2cc(C(=O)NC(C)C(C)C(=O)O)[nH]c2c1. The Kier molecular flexibility index (Phi) is 4.02. The summed E-state index contributed by atoms with van der Waals surface area (Å²) in [6.07, 6.45) is 0. The zero-order valence-electron chi connectivity index (χ0n) is 12.7. The van der Waals surface area contributed by atoms with Crippen LogP contribution in [0.3, 0.4) is 0 Å². The molecule has 2 aromatic rings. The van der Waals surface area contributed by atoms with Crippen molar-refractivity contribution in [2.75, 3.05) is 0 Å². The van der Waals surface area contributed by atoms with Crippen LogP contribution >= 0.6 is 0 Å². The lowest BCUT2D eigenvalue weighted by atomic mass is 10.0. The number of aromatic nitrogens is 1. The fraction of sp³-hybridized carbons (Fsp3) is 0.375. The fourth-order valence-corrected chi connectivity index (χ4v) is 2.34. The number of H-pyrrole nitrogens is 1. The first kappa shape index (κ1) is 15.1. The van der Waals surface area contributed by atoms with E-state index in [9.17, 15) is 9.59 Å².